The molecule has 116 valence electrons. The van der Waals surface area contributed by atoms with Crippen LogP contribution in [-0.2, 0) is 11.1 Å². The van der Waals surface area contributed by atoms with Crippen LogP contribution in [-0.4, -0.2) is 36.0 Å². The minimum absolute atomic E-state index is 0.115. The first-order chi connectivity index (χ1) is 10.5. The van der Waals surface area contributed by atoms with Crippen molar-refractivity contribution in [3.05, 3.63) is 48.5 Å². The van der Waals surface area contributed by atoms with E-state index in [0.717, 1.165) is 11.0 Å². The second-order valence-electron chi connectivity index (χ2n) is 5.95. The molecule has 0 radical (unpaired) electrons. The van der Waals surface area contributed by atoms with Crippen LogP contribution in [0.2, 0.25) is 0 Å². The van der Waals surface area contributed by atoms with Crippen molar-refractivity contribution in [2.24, 2.45) is 0 Å². The van der Waals surface area contributed by atoms with Crippen molar-refractivity contribution < 1.29 is 9.46 Å². The fourth-order valence-electron chi connectivity index (χ4n) is 3.00. The Hall–Kier alpha value is -1.61. The molecular weight excluding hydrogens is 295 g/mol. The highest BCUT2D eigenvalue weighted by Crippen LogP contribution is 2.37. The van der Waals surface area contributed by atoms with E-state index in [1.54, 1.807) is 19.0 Å². The minimum Gasteiger partial charge on any atom is -0.798 e. The Morgan fingerprint density at radius 2 is 1.50 bits per heavy atom. The first-order valence-electron chi connectivity index (χ1n) is 7.38. The molecule has 22 heavy (non-hydrogen) atoms. The summed E-state index contributed by atoms with van der Waals surface area (Å²) in [4.78, 5) is 13.9. The number of fused-ring (bicyclic) bond motifs is 3. The Bertz CT molecular complexity index is 801. The van der Waals surface area contributed by atoms with Crippen LogP contribution in [0, 0.1) is 0 Å². The van der Waals surface area contributed by atoms with Crippen LogP contribution >= 0.6 is 7.37 Å². The monoisotopic (exact) mass is 315 g/mol. The van der Waals surface area contributed by atoms with E-state index in [-0.39, 0.29) is 12.4 Å². The van der Waals surface area contributed by atoms with Crippen molar-refractivity contribution in [3.63, 3.8) is 0 Å². The molecule has 0 bridgehead atoms. The lowest BCUT2D eigenvalue weighted by Crippen LogP contribution is -2.22. The van der Waals surface area contributed by atoms with Gasteiger partial charge in [0, 0.05) is 48.2 Å². The fourth-order valence-corrected chi connectivity index (χ4v) is 4.51. The number of nitrogens with zero attached hydrogens (tertiary/aromatic N) is 2. The van der Waals surface area contributed by atoms with Gasteiger partial charge < -0.3 is 18.9 Å². The van der Waals surface area contributed by atoms with Gasteiger partial charge >= 0.3 is 0 Å². The summed E-state index contributed by atoms with van der Waals surface area (Å²) in [5.41, 5.74) is 2.18. The summed E-state index contributed by atoms with van der Waals surface area (Å²) >= 11 is 0. The lowest BCUT2D eigenvalue weighted by molar-refractivity contribution is -0.176. The van der Waals surface area contributed by atoms with Crippen LogP contribution in [0.3, 0.4) is 0 Å². The van der Waals surface area contributed by atoms with Crippen molar-refractivity contribution in [2.45, 2.75) is 6.54 Å². The summed E-state index contributed by atoms with van der Waals surface area (Å²) in [5, 5.41) is 2.35. The van der Waals surface area contributed by atoms with Crippen LogP contribution in [0.15, 0.2) is 48.5 Å². The molecule has 5 heteroatoms. The van der Waals surface area contributed by atoms with Crippen LogP contribution in [0.4, 0.5) is 0 Å². The van der Waals surface area contributed by atoms with Gasteiger partial charge in [-0.25, -0.2) is 0 Å². The summed E-state index contributed by atoms with van der Waals surface area (Å²) in [6, 6.07) is 16.3. The smallest absolute Gasteiger partial charge is 0.0491 e. The van der Waals surface area contributed by atoms with Gasteiger partial charge in [-0.1, -0.05) is 36.4 Å². The molecule has 1 heterocycles. The highest BCUT2D eigenvalue weighted by molar-refractivity contribution is 7.56. The fraction of sp³-hybridized carbons (Fsp3) is 0.294. The van der Waals surface area contributed by atoms with Crippen LogP contribution in [0.5, 0.6) is 0 Å². The van der Waals surface area contributed by atoms with Gasteiger partial charge in [0.05, 0.1) is 0 Å². The summed E-state index contributed by atoms with van der Waals surface area (Å²) in [6.45, 7) is 0.489. The molecule has 1 unspecified atom stereocenters. The molecule has 0 aliphatic heterocycles. The number of rotatable bonds is 5. The first-order valence-corrected chi connectivity index (χ1v) is 9.37. The lowest BCUT2D eigenvalue weighted by Gasteiger charge is -2.27. The summed E-state index contributed by atoms with van der Waals surface area (Å²) < 4.78 is 14.3. The summed E-state index contributed by atoms with van der Waals surface area (Å²) in [7, 11) is 0.175. The maximum Gasteiger partial charge on any atom is 0.0491 e. The molecule has 0 spiro atoms. The number of aryl methyl sites for hydroxylation is 1. The molecule has 3 aromatic rings. The van der Waals surface area contributed by atoms with Gasteiger partial charge in [0.1, 0.15) is 0 Å². The molecule has 0 aliphatic carbocycles. The zero-order valence-electron chi connectivity index (χ0n) is 12.9. The largest absolute Gasteiger partial charge is 0.798 e. The molecular formula is C17H20N2O2P-. The van der Waals surface area contributed by atoms with E-state index in [9.17, 15) is 9.46 Å². The van der Waals surface area contributed by atoms with Crippen LogP contribution in [0.1, 0.15) is 0 Å². The standard InChI is InChI=1S/C17H21N2O2P/c1-18(2)13-22(20,21)12-11-19-16-9-5-3-7-14(16)15-8-4-6-10-17(15)19/h3-10H,11-13H2,1-2H3,(H,20,21)/p-1. The van der Waals surface area contributed by atoms with Crippen molar-refractivity contribution >= 4 is 29.2 Å². The van der Waals surface area contributed by atoms with Gasteiger partial charge in [-0.15, -0.1) is 0 Å². The van der Waals surface area contributed by atoms with Crippen molar-refractivity contribution in [1.29, 1.82) is 0 Å². The van der Waals surface area contributed by atoms with E-state index in [1.807, 2.05) is 24.3 Å². The van der Waals surface area contributed by atoms with Crippen LogP contribution in [0.25, 0.3) is 21.8 Å². The van der Waals surface area contributed by atoms with Crippen molar-refractivity contribution in [3.8, 4) is 0 Å². The molecule has 0 aliphatic rings. The van der Waals surface area contributed by atoms with Gasteiger partial charge in [0.2, 0.25) is 0 Å². The third-order valence-corrected chi connectivity index (χ3v) is 5.72. The SMILES string of the molecule is CN(C)CP(=O)([O-])CCn1c2ccccc2c2ccccc21. The number of hydrogen-bond donors (Lipinski definition) is 0. The van der Waals surface area contributed by atoms with E-state index in [4.69, 9.17) is 0 Å². The first kappa shape index (κ1) is 15.3. The molecule has 0 fully saturated rings. The molecule has 2 aromatic carbocycles. The number of aromatic nitrogens is 1. The highest BCUT2D eigenvalue weighted by atomic mass is 31.2. The van der Waals surface area contributed by atoms with Crippen molar-refractivity contribution in [1.82, 2.24) is 9.47 Å². The van der Waals surface area contributed by atoms with Gasteiger partial charge in [-0.05, 0) is 26.2 Å². The predicted octanol–water partition coefficient (Wildman–Crippen LogP) is 2.95. The number of para-hydroxylation sites is 2. The molecule has 0 N–H and O–H groups in total. The Kier molecular flexibility index (Phi) is 4.09. The summed E-state index contributed by atoms with van der Waals surface area (Å²) in [6.07, 6.45) is 0.290. The molecule has 0 amide bonds. The topological polar surface area (TPSA) is 48.3 Å². The second-order valence-corrected chi connectivity index (χ2v) is 8.30. The number of hydrogen-bond acceptors (Lipinski definition) is 3. The molecule has 1 aromatic heterocycles. The van der Waals surface area contributed by atoms with E-state index in [1.165, 1.54) is 10.8 Å². The number of benzene rings is 2. The van der Waals surface area contributed by atoms with Gasteiger partial charge in [-0.2, -0.15) is 0 Å². The Morgan fingerprint density at radius 1 is 1.00 bits per heavy atom. The van der Waals surface area contributed by atoms with E-state index < -0.39 is 7.37 Å². The normalized spacial score (nSPS) is 14.7. The average molecular weight is 315 g/mol. The maximum absolute atomic E-state index is 12.2. The molecule has 1 atom stereocenters. The van der Waals surface area contributed by atoms with Crippen molar-refractivity contribution in [2.75, 3.05) is 26.5 Å². The van der Waals surface area contributed by atoms with Crippen LogP contribution < -0.4 is 4.89 Å². The Labute approximate surface area is 130 Å². The summed E-state index contributed by atoms with van der Waals surface area (Å²) in [5.74, 6) is 0. The quantitative estimate of drug-likeness (QED) is 0.680. The zero-order chi connectivity index (χ0) is 15.7. The van der Waals surface area contributed by atoms with E-state index in [0.29, 0.717) is 6.54 Å². The highest BCUT2D eigenvalue weighted by Gasteiger charge is 2.13. The Balaban J connectivity index is 2.01. The minimum atomic E-state index is -3.39. The molecule has 4 nitrogen and oxygen atoms in total. The lowest BCUT2D eigenvalue weighted by atomic mass is 10.2. The Morgan fingerprint density at radius 3 is 2.00 bits per heavy atom. The molecule has 3 rings (SSSR count). The second kappa shape index (κ2) is 5.88. The van der Waals surface area contributed by atoms with E-state index >= 15 is 0 Å². The third-order valence-electron chi connectivity index (χ3n) is 3.84. The molecule has 0 saturated heterocycles. The van der Waals surface area contributed by atoms with E-state index in [2.05, 4.69) is 28.8 Å². The predicted molar refractivity (Wildman–Crippen MR) is 90.5 cm³/mol. The third kappa shape index (κ3) is 2.95. The van der Waals surface area contributed by atoms with Gasteiger partial charge in [-0.3, -0.25) is 0 Å². The zero-order valence-corrected chi connectivity index (χ0v) is 13.8. The average Bonchev–Trinajstić information content (AvgIpc) is 2.78. The maximum atomic E-state index is 12.2. The van der Waals surface area contributed by atoms with Gasteiger partial charge in [0.25, 0.3) is 0 Å². The van der Waals surface area contributed by atoms with Gasteiger partial charge in [0.15, 0.2) is 0 Å². The molecule has 0 saturated carbocycles.